The molecule has 0 saturated carbocycles. The highest BCUT2D eigenvalue weighted by Gasteiger charge is 2.26. The minimum absolute atomic E-state index is 0.0250. The van der Waals surface area contributed by atoms with E-state index in [4.69, 9.17) is 14.2 Å². The van der Waals surface area contributed by atoms with E-state index in [1.807, 2.05) is 24.3 Å². The number of hydrogen-bond acceptors (Lipinski definition) is 9. The van der Waals surface area contributed by atoms with Gasteiger partial charge in [-0.25, -0.2) is 13.2 Å². The van der Waals surface area contributed by atoms with Crippen LogP contribution in [0.5, 0.6) is 0 Å². The number of likely N-dealkylation sites (N-methyl/N-ethyl adjacent to an activating group) is 1. The zero-order chi connectivity index (χ0) is 27.6. The summed E-state index contributed by atoms with van der Waals surface area (Å²) in [5.74, 6) is -0.616. The maximum atomic E-state index is 13.3. The number of aromatic nitrogens is 2. The summed E-state index contributed by atoms with van der Waals surface area (Å²) in [6.45, 7) is 5.50. The molecule has 0 spiro atoms. The van der Waals surface area contributed by atoms with E-state index in [-0.39, 0.29) is 10.7 Å². The van der Waals surface area contributed by atoms with Crippen LogP contribution in [0.4, 0.5) is 11.5 Å². The van der Waals surface area contributed by atoms with E-state index in [0.717, 1.165) is 30.8 Å². The van der Waals surface area contributed by atoms with Gasteiger partial charge in [-0.1, -0.05) is 30.3 Å². The van der Waals surface area contributed by atoms with Gasteiger partial charge in [-0.2, -0.15) is 0 Å². The fourth-order valence-electron chi connectivity index (χ4n) is 4.48. The minimum atomic E-state index is -3.89. The van der Waals surface area contributed by atoms with Crippen molar-refractivity contribution < 1.29 is 27.3 Å². The van der Waals surface area contributed by atoms with Gasteiger partial charge in [0.2, 0.25) is 0 Å². The Morgan fingerprint density at radius 3 is 2.62 bits per heavy atom. The van der Waals surface area contributed by atoms with Crippen LogP contribution < -0.4 is 10.0 Å². The standard InChI is InChI=1S/C27H27N5O6S/c1-3-32-13-12-23-21(15-32)26(20-6-4-5-7-22(20)29-23)27(34)37-16-25(33)28-18-8-10-19(11-9-18)39(35,36)31-24-14-17(2)38-30-24/h4-11,14H,3,12-13,15-16H2,1-2H3,(H,28,33)(H,30,31). The van der Waals surface area contributed by atoms with Crippen LogP contribution in [-0.4, -0.2) is 55.0 Å². The normalized spacial score (nSPS) is 13.6. The predicted molar refractivity (Wildman–Crippen MR) is 144 cm³/mol. The third kappa shape index (κ3) is 5.76. The maximum absolute atomic E-state index is 13.3. The second-order valence-corrected chi connectivity index (χ2v) is 10.8. The van der Waals surface area contributed by atoms with Crippen molar-refractivity contribution in [3.05, 3.63) is 77.2 Å². The molecule has 0 bridgehead atoms. The Labute approximate surface area is 225 Å². The first-order chi connectivity index (χ1) is 18.7. The summed E-state index contributed by atoms with van der Waals surface area (Å²) in [6.07, 6.45) is 0.730. The summed E-state index contributed by atoms with van der Waals surface area (Å²) >= 11 is 0. The van der Waals surface area contributed by atoms with Crippen LogP contribution in [0.3, 0.4) is 0 Å². The molecular formula is C27H27N5O6S. The number of nitrogens with one attached hydrogen (secondary N) is 2. The number of fused-ring (bicyclic) bond motifs is 2. The monoisotopic (exact) mass is 549 g/mol. The summed E-state index contributed by atoms with van der Waals surface area (Å²) in [5, 5.41) is 6.92. The van der Waals surface area contributed by atoms with Gasteiger partial charge in [0, 0.05) is 47.9 Å². The van der Waals surface area contributed by atoms with Crippen LogP contribution in [0.1, 0.15) is 34.3 Å². The summed E-state index contributed by atoms with van der Waals surface area (Å²) < 4.78 is 37.7. The molecule has 39 heavy (non-hydrogen) atoms. The lowest BCUT2D eigenvalue weighted by Gasteiger charge is -2.28. The highest BCUT2D eigenvalue weighted by molar-refractivity contribution is 7.92. The van der Waals surface area contributed by atoms with Gasteiger partial charge in [0.15, 0.2) is 12.4 Å². The third-order valence-electron chi connectivity index (χ3n) is 6.43. The average Bonchev–Trinajstić information content (AvgIpc) is 3.33. The number of hydrogen-bond donors (Lipinski definition) is 2. The molecule has 2 aromatic carbocycles. The van der Waals surface area contributed by atoms with E-state index in [9.17, 15) is 18.0 Å². The Hall–Kier alpha value is -4.29. The van der Waals surface area contributed by atoms with Crippen LogP contribution >= 0.6 is 0 Å². The number of ether oxygens (including phenoxy) is 1. The first-order valence-electron chi connectivity index (χ1n) is 12.4. The molecule has 0 unspecified atom stereocenters. The van der Waals surface area contributed by atoms with Gasteiger partial charge in [-0.15, -0.1) is 0 Å². The number of benzene rings is 2. The summed E-state index contributed by atoms with van der Waals surface area (Å²) in [6, 6.07) is 14.4. The number of rotatable bonds is 8. The van der Waals surface area contributed by atoms with Crippen molar-refractivity contribution in [3.63, 3.8) is 0 Å². The van der Waals surface area contributed by atoms with E-state index in [1.165, 1.54) is 30.3 Å². The molecular weight excluding hydrogens is 522 g/mol. The zero-order valence-corrected chi connectivity index (χ0v) is 22.2. The topological polar surface area (TPSA) is 144 Å². The van der Waals surface area contributed by atoms with Crippen LogP contribution in [0.2, 0.25) is 0 Å². The lowest BCUT2D eigenvalue weighted by Crippen LogP contribution is -2.32. The molecule has 0 radical (unpaired) electrons. The Kier molecular flexibility index (Phi) is 7.31. The van der Waals surface area contributed by atoms with Crippen molar-refractivity contribution >= 4 is 44.3 Å². The SMILES string of the molecule is CCN1CCc2nc3ccccc3c(C(=O)OCC(=O)Nc3ccc(S(=O)(=O)Nc4cc(C)on4)cc3)c2C1. The first-order valence-corrected chi connectivity index (χ1v) is 13.9. The fourth-order valence-corrected chi connectivity index (χ4v) is 5.46. The quantitative estimate of drug-likeness (QED) is 0.316. The van der Waals surface area contributed by atoms with E-state index >= 15 is 0 Å². The Balaban J connectivity index is 1.26. The summed E-state index contributed by atoms with van der Waals surface area (Å²) in [4.78, 5) is 32.8. The third-order valence-corrected chi connectivity index (χ3v) is 7.80. The van der Waals surface area contributed by atoms with Gasteiger partial charge in [0.25, 0.3) is 15.9 Å². The molecule has 2 aromatic heterocycles. The molecule has 0 atom stereocenters. The molecule has 0 aliphatic carbocycles. The number of carbonyl (C=O) groups excluding carboxylic acids is 2. The highest BCUT2D eigenvalue weighted by Crippen LogP contribution is 2.29. The van der Waals surface area contributed by atoms with Gasteiger partial charge in [-0.3, -0.25) is 19.4 Å². The van der Waals surface area contributed by atoms with Crippen LogP contribution in [0.25, 0.3) is 10.9 Å². The van der Waals surface area contributed by atoms with Gasteiger partial charge in [0.05, 0.1) is 16.0 Å². The number of para-hydroxylation sites is 1. The lowest BCUT2D eigenvalue weighted by molar-refractivity contribution is -0.119. The number of carbonyl (C=O) groups is 2. The molecule has 4 aromatic rings. The summed E-state index contributed by atoms with van der Waals surface area (Å²) in [7, 11) is -3.89. The minimum Gasteiger partial charge on any atom is -0.452 e. The van der Waals surface area contributed by atoms with E-state index in [2.05, 4.69) is 27.0 Å². The zero-order valence-electron chi connectivity index (χ0n) is 21.4. The molecule has 11 nitrogen and oxygen atoms in total. The Morgan fingerprint density at radius 2 is 1.90 bits per heavy atom. The van der Waals surface area contributed by atoms with Crippen LogP contribution in [0, 0.1) is 6.92 Å². The smallest absolute Gasteiger partial charge is 0.339 e. The van der Waals surface area contributed by atoms with Gasteiger partial charge >= 0.3 is 5.97 Å². The average molecular weight is 550 g/mol. The van der Waals surface area contributed by atoms with Crippen molar-refractivity contribution in [1.29, 1.82) is 0 Å². The molecule has 1 aliphatic rings. The molecule has 2 N–H and O–H groups in total. The number of amides is 1. The number of anilines is 2. The number of pyridine rings is 1. The van der Waals surface area contributed by atoms with E-state index < -0.39 is 28.5 Å². The Morgan fingerprint density at radius 1 is 1.13 bits per heavy atom. The molecule has 1 aliphatic heterocycles. The molecule has 3 heterocycles. The van der Waals surface area contributed by atoms with Gasteiger partial charge in [-0.05, 0) is 43.8 Å². The lowest BCUT2D eigenvalue weighted by atomic mass is 9.96. The largest absolute Gasteiger partial charge is 0.452 e. The second kappa shape index (κ2) is 10.8. The van der Waals surface area contributed by atoms with Crippen LogP contribution in [0.15, 0.2) is 64.0 Å². The molecule has 5 rings (SSSR count). The predicted octanol–water partition coefficient (Wildman–Crippen LogP) is 3.51. The maximum Gasteiger partial charge on any atom is 0.339 e. The van der Waals surface area contributed by atoms with Crippen molar-refractivity contribution in [1.82, 2.24) is 15.0 Å². The van der Waals surface area contributed by atoms with E-state index in [1.54, 1.807) is 6.92 Å². The van der Waals surface area contributed by atoms with Crippen molar-refractivity contribution in [2.24, 2.45) is 0 Å². The first kappa shape index (κ1) is 26.3. The molecule has 12 heteroatoms. The molecule has 0 fully saturated rings. The van der Waals surface area contributed by atoms with E-state index in [0.29, 0.717) is 34.5 Å². The number of sulfonamides is 1. The van der Waals surface area contributed by atoms with Gasteiger partial charge < -0.3 is 14.6 Å². The van der Waals surface area contributed by atoms with Crippen LogP contribution in [-0.2, 0) is 32.5 Å². The van der Waals surface area contributed by atoms with Crippen molar-refractivity contribution in [3.8, 4) is 0 Å². The molecule has 202 valence electrons. The highest BCUT2D eigenvalue weighted by atomic mass is 32.2. The second-order valence-electron chi connectivity index (χ2n) is 9.12. The molecule has 1 amide bonds. The molecule has 0 saturated heterocycles. The number of nitrogens with zero attached hydrogens (tertiary/aromatic N) is 3. The summed E-state index contributed by atoms with van der Waals surface area (Å²) in [5.41, 5.74) is 3.20. The number of esters is 1. The fraction of sp³-hybridized carbons (Fsp3) is 0.259. The van der Waals surface area contributed by atoms with Gasteiger partial charge in [0.1, 0.15) is 5.76 Å². The van der Waals surface area contributed by atoms with Crippen molar-refractivity contribution in [2.75, 3.05) is 29.7 Å². The van der Waals surface area contributed by atoms with Crippen molar-refractivity contribution in [2.45, 2.75) is 31.7 Å². The Bertz CT molecular complexity index is 1650. The number of aryl methyl sites for hydroxylation is 1.